The molecule has 3 aromatic rings. The number of nitrogens with zero attached hydrogens (tertiary/aromatic N) is 1. The van der Waals surface area contributed by atoms with Gasteiger partial charge in [0.1, 0.15) is 11.4 Å². The third-order valence-corrected chi connectivity index (χ3v) is 6.48. The summed E-state index contributed by atoms with van der Waals surface area (Å²) in [6.07, 6.45) is 2.11. The number of hydrogen-bond donors (Lipinski definition) is 1. The van der Waals surface area contributed by atoms with Crippen molar-refractivity contribution in [1.29, 1.82) is 0 Å². The van der Waals surface area contributed by atoms with Gasteiger partial charge < -0.3 is 19.4 Å². The van der Waals surface area contributed by atoms with Crippen LogP contribution in [-0.4, -0.2) is 41.7 Å². The molecule has 162 valence electrons. The van der Waals surface area contributed by atoms with Crippen LogP contribution in [0, 0.1) is 12.3 Å². The first-order chi connectivity index (χ1) is 14.9. The average molecular weight is 439 g/mol. The van der Waals surface area contributed by atoms with Crippen molar-refractivity contribution in [3.05, 3.63) is 64.3 Å². The predicted octanol–water partition coefficient (Wildman–Crippen LogP) is 5.35. The number of benzene rings is 2. The van der Waals surface area contributed by atoms with E-state index in [0.29, 0.717) is 29.9 Å². The highest BCUT2D eigenvalue weighted by molar-refractivity contribution is 6.31. The summed E-state index contributed by atoms with van der Waals surface area (Å²) in [5, 5.41) is 1.67. The third-order valence-electron chi connectivity index (χ3n) is 6.25. The number of amides is 1. The topological polar surface area (TPSA) is 54.6 Å². The quantitative estimate of drug-likeness (QED) is 0.541. The van der Waals surface area contributed by atoms with Crippen molar-refractivity contribution < 1.29 is 14.3 Å². The molecule has 5 rings (SSSR count). The van der Waals surface area contributed by atoms with Crippen molar-refractivity contribution in [3.63, 3.8) is 0 Å². The Hall–Kier alpha value is -2.50. The molecule has 5 nitrogen and oxygen atoms in total. The molecule has 0 unspecified atom stereocenters. The van der Waals surface area contributed by atoms with Gasteiger partial charge in [-0.2, -0.15) is 0 Å². The van der Waals surface area contributed by atoms with E-state index in [0.717, 1.165) is 53.8 Å². The Morgan fingerprint density at radius 2 is 1.97 bits per heavy atom. The molecule has 1 saturated heterocycles. The van der Waals surface area contributed by atoms with Crippen LogP contribution in [0.1, 0.15) is 41.4 Å². The molecule has 31 heavy (non-hydrogen) atoms. The van der Waals surface area contributed by atoms with E-state index in [1.165, 1.54) is 0 Å². The Bertz CT molecular complexity index is 1110. The van der Waals surface area contributed by atoms with Crippen molar-refractivity contribution in [3.8, 4) is 5.75 Å². The van der Waals surface area contributed by atoms with E-state index in [2.05, 4.69) is 24.0 Å². The van der Waals surface area contributed by atoms with E-state index < -0.39 is 0 Å². The van der Waals surface area contributed by atoms with Crippen molar-refractivity contribution >= 4 is 28.4 Å². The lowest BCUT2D eigenvalue weighted by atomic mass is 9.90. The van der Waals surface area contributed by atoms with Gasteiger partial charge in [0.15, 0.2) is 0 Å². The predicted molar refractivity (Wildman–Crippen MR) is 122 cm³/mol. The Kier molecular flexibility index (Phi) is 5.19. The van der Waals surface area contributed by atoms with Crippen LogP contribution < -0.4 is 4.74 Å². The normalized spacial score (nSPS) is 17.4. The molecule has 1 aliphatic carbocycles. The zero-order valence-electron chi connectivity index (χ0n) is 17.9. The number of H-pyrrole nitrogens is 1. The summed E-state index contributed by atoms with van der Waals surface area (Å²) in [6, 6.07) is 14.1. The molecule has 0 spiro atoms. The van der Waals surface area contributed by atoms with Crippen LogP contribution in [0.15, 0.2) is 42.5 Å². The zero-order valence-corrected chi connectivity index (χ0v) is 18.7. The number of nitrogens with one attached hydrogen (secondary N) is 1. The molecular formula is C25H27ClN2O3. The Morgan fingerprint density at radius 1 is 1.23 bits per heavy atom. The summed E-state index contributed by atoms with van der Waals surface area (Å²) in [5.41, 5.74) is 3.76. The molecule has 2 aliphatic rings. The van der Waals surface area contributed by atoms with Crippen molar-refractivity contribution in [2.45, 2.75) is 39.3 Å². The first-order valence-electron chi connectivity index (χ1n) is 10.8. The first kappa shape index (κ1) is 20.4. The summed E-state index contributed by atoms with van der Waals surface area (Å²) in [5.74, 6) is 0.898. The van der Waals surface area contributed by atoms with Gasteiger partial charge in [-0.3, -0.25) is 4.79 Å². The van der Waals surface area contributed by atoms with Crippen LogP contribution in [0.3, 0.4) is 0 Å². The summed E-state index contributed by atoms with van der Waals surface area (Å²) in [7, 11) is 0. The van der Waals surface area contributed by atoms with Crippen LogP contribution in [0.4, 0.5) is 0 Å². The fraction of sp³-hybridized carbons (Fsp3) is 0.400. The van der Waals surface area contributed by atoms with Gasteiger partial charge in [0, 0.05) is 33.9 Å². The number of rotatable bonds is 7. The summed E-state index contributed by atoms with van der Waals surface area (Å²) in [4.78, 5) is 18.7. The Balaban J connectivity index is 1.31. The standard InChI is InChI=1S/C25H27ClN2O3/c1-16-21-11-18(26)5-10-22(21)27-23(16)24(29)28(19-6-7-19)12-17-3-8-20(9-4-17)31-15-25(2)13-30-14-25/h3-5,8-11,19,27H,6-7,12-15H2,1-2H3. The zero-order chi connectivity index (χ0) is 21.6. The molecule has 1 saturated carbocycles. The summed E-state index contributed by atoms with van der Waals surface area (Å²) in [6.45, 7) is 6.90. The molecule has 0 bridgehead atoms. The van der Waals surface area contributed by atoms with E-state index in [1.54, 1.807) is 0 Å². The number of carbonyl (C=O) groups excluding carboxylic acids is 1. The molecule has 1 N–H and O–H groups in total. The van der Waals surface area contributed by atoms with Crippen LogP contribution in [0.5, 0.6) is 5.75 Å². The van der Waals surface area contributed by atoms with Gasteiger partial charge in [0.25, 0.3) is 5.91 Å². The number of ether oxygens (including phenoxy) is 2. The number of fused-ring (bicyclic) bond motifs is 1. The average Bonchev–Trinajstić information content (AvgIpc) is 3.54. The highest BCUT2D eigenvalue weighted by Crippen LogP contribution is 2.33. The number of hydrogen-bond acceptors (Lipinski definition) is 3. The van der Waals surface area contributed by atoms with Gasteiger partial charge in [-0.05, 0) is 61.2 Å². The molecule has 0 atom stereocenters. The van der Waals surface area contributed by atoms with Gasteiger partial charge >= 0.3 is 0 Å². The number of halogens is 1. The van der Waals surface area contributed by atoms with Crippen LogP contribution in [0.2, 0.25) is 5.02 Å². The minimum Gasteiger partial charge on any atom is -0.493 e. The van der Waals surface area contributed by atoms with E-state index in [1.807, 2.05) is 42.2 Å². The maximum absolute atomic E-state index is 13.5. The lowest BCUT2D eigenvalue weighted by Gasteiger charge is -2.37. The second-order valence-electron chi connectivity index (χ2n) is 9.22. The lowest BCUT2D eigenvalue weighted by Crippen LogP contribution is -2.44. The summed E-state index contributed by atoms with van der Waals surface area (Å²) >= 11 is 6.16. The van der Waals surface area contributed by atoms with Crippen LogP contribution >= 0.6 is 11.6 Å². The fourth-order valence-electron chi connectivity index (χ4n) is 4.09. The van der Waals surface area contributed by atoms with Gasteiger partial charge in [-0.25, -0.2) is 0 Å². The molecule has 1 amide bonds. The van der Waals surface area contributed by atoms with Crippen molar-refractivity contribution in [2.24, 2.45) is 5.41 Å². The van der Waals surface area contributed by atoms with Crippen molar-refractivity contribution in [2.75, 3.05) is 19.8 Å². The molecule has 2 aromatic carbocycles. The van der Waals surface area contributed by atoms with E-state index >= 15 is 0 Å². The molecule has 2 heterocycles. The second-order valence-corrected chi connectivity index (χ2v) is 9.65. The number of aromatic amines is 1. The third kappa shape index (κ3) is 4.17. The number of aromatic nitrogens is 1. The van der Waals surface area contributed by atoms with E-state index in [-0.39, 0.29) is 11.3 Å². The minimum atomic E-state index is 0.0468. The maximum atomic E-state index is 13.5. The van der Waals surface area contributed by atoms with E-state index in [4.69, 9.17) is 21.1 Å². The summed E-state index contributed by atoms with van der Waals surface area (Å²) < 4.78 is 11.2. The SMILES string of the molecule is Cc1c(C(=O)N(Cc2ccc(OCC3(C)COC3)cc2)C2CC2)[nH]c2ccc(Cl)cc12. The molecule has 2 fully saturated rings. The van der Waals surface area contributed by atoms with Gasteiger partial charge in [-0.15, -0.1) is 0 Å². The van der Waals surface area contributed by atoms with Crippen molar-refractivity contribution in [1.82, 2.24) is 9.88 Å². The largest absolute Gasteiger partial charge is 0.493 e. The Labute approximate surface area is 187 Å². The highest BCUT2D eigenvalue weighted by atomic mass is 35.5. The van der Waals surface area contributed by atoms with Gasteiger partial charge in [-0.1, -0.05) is 30.7 Å². The fourth-order valence-corrected chi connectivity index (χ4v) is 4.26. The minimum absolute atomic E-state index is 0.0468. The Morgan fingerprint density at radius 3 is 2.61 bits per heavy atom. The van der Waals surface area contributed by atoms with Gasteiger partial charge in [0.2, 0.25) is 0 Å². The molecule has 6 heteroatoms. The molecule has 0 radical (unpaired) electrons. The number of carbonyl (C=O) groups is 1. The maximum Gasteiger partial charge on any atom is 0.271 e. The molecular weight excluding hydrogens is 412 g/mol. The van der Waals surface area contributed by atoms with Crippen LogP contribution in [-0.2, 0) is 11.3 Å². The van der Waals surface area contributed by atoms with E-state index in [9.17, 15) is 4.79 Å². The molecule has 1 aromatic heterocycles. The monoisotopic (exact) mass is 438 g/mol. The van der Waals surface area contributed by atoms with Gasteiger partial charge in [0.05, 0.1) is 19.8 Å². The lowest BCUT2D eigenvalue weighted by molar-refractivity contribution is -0.120. The highest BCUT2D eigenvalue weighted by Gasteiger charge is 2.35. The molecule has 1 aliphatic heterocycles. The second kappa shape index (κ2) is 7.88. The number of aryl methyl sites for hydroxylation is 1. The smallest absolute Gasteiger partial charge is 0.271 e. The van der Waals surface area contributed by atoms with Crippen LogP contribution in [0.25, 0.3) is 10.9 Å². The first-order valence-corrected chi connectivity index (χ1v) is 11.2.